The molecule has 18 heavy (non-hydrogen) atoms. The number of hydrogen-bond donors (Lipinski definition) is 1. The molecule has 6 heteroatoms. The molecule has 0 aliphatic carbocycles. The van der Waals surface area contributed by atoms with E-state index in [1.807, 2.05) is 6.92 Å². The fraction of sp³-hybridized carbons (Fsp3) is 0.667. The van der Waals surface area contributed by atoms with E-state index in [2.05, 4.69) is 21.8 Å². The lowest BCUT2D eigenvalue weighted by molar-refractivity contribution is 0.0985. The van der Waals surface area contributed by atoms with Crippen LogP contribution in [0.3, 0.4) is 0 Å². The van der Waals surface area contributed by atoms with Gasteiger partial charge in [-0.2, -0.15) is 4.98 Å². The Bertz CT molecular complexity index is 400. The van der Waals surface area contributed by atoms with E-state index in [-0.39, 0.29) is 6.04 Å². The van der Waals surface area contributed by atoms with Crippen LogP contribution in [0.5, 0.6) is 5.88 Å². The Balaban J connectivity index is 2.21. The molecule has 2 heterocycles. The molecule has 1 saturated heterocycles. The topological polar surface area (TPSA) is 73.5 Å². The Morgan fingerprint density at radius 2 is 2.39 bits per heavy atom. The average Bonchev–Trinajstić information content (AvgIpc) is 2.39. The zero-order chi connectivity index (χ0) is 13.0. The zero-order valence-electron chi connectivity index (χ0n) is 10.9. The smallest absolute Gasteiger partial charge is 0.242 e. The van der Waals surface area contributed by atoms with Gasteiger partial charge >= 0.3 is 0 Å². The molecule has 1 fully saturated rings. The second-order valence-electron chi connectivity index (χ2n) is 4.38. The molecule has 100 valence electrons. The second kappa shape index (κ2) is 5.86. The Labute approximate surface area is 107 Å². The maximum atomic E-state index is 6.08. The number of aromatic nitrogens is 2. The molecule has 2 N–H and O–H groups in total. The first-order valence-corrected chi connectivity index (χ1v) is 6.31. The predicted molar refractivity (Wildman–Crippen MR) is 69.9 cm³/mol. The van der Waals surface area contributed by atoms with Gasteiger partial charge < -0.3 is 20.1 Å². The Kier molecular flexibility index (Phi) is 4.19. The molecule has 0 saturated carbocycles. The van der Waals surface area contributed by atoms with Crippen molar-refractivity contribution in [3.63, 3.8) is 0 Å². The normalized spacial score (nSPS) is 19.9. The minimum Gasteiger partial charge on any atom is -0.476 e. The number of hydrogen-bond acceptors (Lipinski definition) is 6. The molecule has 2 rings (SSSR count). The van der Waals surface area contributed by atoms with Gasteiger partial charge in [-0.3, -0.25) is 0 Å². The summed E-state index contributed by atoms with van der Waals surface area (Å²) in [7, 11) is 0. The van der Waals surface area contributed by atoms with Crippen molar-refractivity contribution in [1.29, 1.82) is 0 Å². The molecule has 0 radical (unpaired) electrons. The minimum atomic E-state index is 0.259. The first-order chi connectivity index (χ1) is 8.74. The van der Waals surface area contributed by atoms with Crippen molar-refractivity contribution in [1.82, 2.24) is 9.97 Å². The molecule has 1 aliphatic heterocycles. The van der Waals surface area contributed by atoms with E-state index >= 15 is 0 Å². The van der Waals surface area contributed by atoms with Crippen LogP contribution in [0.4, 0.5) is 11.5 Å². The van der Waals surface area contributed by atoms with E-state index in [9.17, 15) is 0 Å². The lowest BCUT2D eigenvalue weighted by atomic mass is 10.2. The fourth-order valence-electron chi connectivity index (χ4n) is 1.96. The van der Waals surface area contributed by atoms with Crippen LogP contribution >= 0.6 is 0 Å². The summed E-state index contributed by atoms with van der Waals surface area (Å²) >= 11 is 0. The summed E-state index contributed by atoms with van der Waals surface area (Å²) in [5.74, 6) is 1.22. The average molecular weight is 252 g/mol. The Hall–Kier alpha value is -1.56. The first-order valence-electron chi connectivity index (χ1n) is 6.31. The van der Waals surface area contributed by atoms with Gasteiger partial charge in [0.05, 0.1) is 25.9 Å². The minimum absolute atomic E-state index is 0.259. The molecule has 1 aromatic rings. The highest BCUT2D eigenvalue weighted by atomic mass is 16.5. The summed E-state index contributed by atoms with van der Waals surface area (Å²) in [5.41, 5.74) is 6.60. The zero-order valence-corrected chi connectivity index (χ0v) is 10.9. The number of nitrogens with zero attached hydrogens (tertiary/aromatic N) is 3. The highest BCUT2D eigenvalue weighted by molar-refractivity contribution is 5.68. The Morgan fingerprint density at radius 1 is 1.56 bits per heavy atom. The van der Waals surface area contributed by atoms with Crippen molar-refractivity contribution in [2.45, 2.75) is 26.3 Å². The summed E-state index contributed by atoms with van der Waals surface area (Å²) < 4.78 is 10.9. The number of nitrogen functional groups attached to an aromatic ring is 1. The van der Waals surface area contributed by atoms with E-state index in [0.29, 0.717) is 31.4 Å². The molecule has 1 unspecified atom stereocenters. The van der Waals surface area contributed by atoms with E-state index in [1.54, 1.807) is 0 Å². The first kappa shape index (κ1) is 12.9. The predicted octanol–water partition coefficient (Wildman–Crippen LogP) is 1.07. The second-order valence-corrected chi connectivity index (χ2v) is 4.38. The van der Waals surface area contributed by atoms with Crippen LogP contribution in [0.2, 0.25) is 0 Å². The standard InChI is InChI=1S/C12H20N4O2/c1-3-5-18-12-10(13)11(14-8-15-12)16-4-6-17-7-9(16)2/h8-9H,3-7,13H2,1-2H3. The molecule has 1 aliphatic rings. The van der Waals surface area contributed by atoms with Crippen LogP contribution < -0.4 is 15.4 Å². The van der Waals surface area contributed by atoms with Crippen LogP contribution in [0.25, 0.3) is 0 Å². The highest BCUT2D eigenvalue weighted by Gasteiger charge is 2.23. The van der Waals surface area contributed by atoms with Crippen molar-refractivity contribution in [2.24, 2.45) is 0 Å². The highest BCUT2D eigenvalue weighted by Crippen LogP contribution is 2.29. The summed E-state index contributed by atoms with van der Waals surface area (Å²) in [5, 5.41) is 0. The van der Waals surface area contributed by atoms with Crippen LogP contribution in [0.15, 0.2) is 6.33 Å². The van der Waals surface area contributed by atoms with Crippen molar-refractivity contribution < 1.29 is 9.47 Å². The quantitative estimate of drug-likeness (QED) is 0.864. The lowest BCUT2D eigenvalue weighted by Crippen LogP contribution is -2.44. The number of morpholine rings is 1. The van der Waals surface area contributed by atoms with Crippen LogP contribution in [-0.2, 0) is 4.74 Å². The molecule has 1 aromatic heterocycles. The molecule has 1 atom stereocenters. The van der Waals surface area contributed by atoms with Crippen molar-refractivity contribution in [2.75, 3.05) is 37.0 Å². The molecule has 0 bridgehead atoms. The third kappa shape index (κ3) is 2.64. The van der Waals surface area contributed by atoms with Crippen LogP contribution in [-0.4, -0.2) is 42.4 Å². The van der Waals surface area contributed by atoms with Gasteiger partial charge in [-0.1, -0.05) is 6.92 Å². The number of ether oxygens (including phenoxy) is 2. The largest absolute Gasteiger partial charge is 0.476 e. The maximum absolute atomic E-state index is 6.08. The lowest BCUT2D eigenvalue weighted by Gasteiger charge is -2.34. The SMILES string of the molecule is CCCOc1ncnc(N2CCOCC2C)c1N. The third-order valence-electron chi connectivity index (χ3n) is 2.91. The van der Waals surface area contributed by atoms with Gasteiger partial charge in [-0.25, -0.2) is 4.98 Å². The molecular weight excluding hydrogens is 232 g/mol. The van der Waals surface area contributed by atoms with Crippen molar-refractivity contribution in [3.05, 3.63) is 6.33 Å². The van der Waals surface area contributed by atoms with Gasteiger partial charge in [0.25, 0.3) is 0 Å². The molecule has 0 amide bonds. The van der Waals surface area contributed by atoms with Gasteiger partial charge in [0.2, 0.25) is 5.88 Å². The number of nitrogens with two attached hydrogens (primary N) is 1. The van der Waals surface area contributed by atoms with Gasteiger partial charge in [0.1, 0.15) is 12.0 Å². The van der Waals surface area contributed by atoms with Crippen molar-refractivity contribution >= 4 is 11.5 Å². The number of rotatable bonds is 4. The van der Waals surface area contributed by atoms with E-state index in [4.69, 9.17) is 15.2 Å². The van der Waals surface area contributed by atoms with Gasteiger partial charge in [0, 0.05) is 6.54 Å². The van der Waals surface area contributed by atoms with E-state index < -0.39 is 0 Å². The van der Waals surface area contributed by atoms with Gasteiger partial charge in [-0.05, 0) is 13.3 Å². The van der Waals surface area contributed by atoms with Gasteiger partial charge in [0.15, 0.2) is 5.82 Å². The van der Waals surface area contributed by atoms with Crippen LogP contribution in [0.1, 0.15) is 20.3 Å². The summed E-state index contributed by atoms with van der Waals surface area (Å²) in [4.78, 5) is 10.5. The third-order valence-corrected chi connectivity index (χ3v) is 2.91. The fourth-order valence-corrected chi connectivity index (χ4v) is 1.96. The molecule has 0 spiro atoms. The Morgan fingerprint density at radius 3 is 3.11 bits per heavy atom. The number of anilines is 2. The monoisotopic (exact) mass is 252 g/mol. The van der Waals surface area contributed by atoms with E-state index in [0.717, 1.165) is 18.8 Å². The van der Waals surface area contributed by atoms with E-state index in [1.165, 1.54) is 6.33 Å². The maximum Gasteiger partial charge on any atom is 0.242 e. The summed E-state index contributed by atoms with van der Waals surface area (Å²) in [6.45, 7) is 6.91. The summed E-state index contributed by atoms with van der Waals surface area (Å²) in [6, 6.07) is 0.259. The molecule has 0 aromatic carbocycles. The summed E-state index contributed by atoms with van der Waals surface area (Å²) in [6.07, 6.45) is 2.42. The molecule has 6 nitrogen and oxygen atoms in total. The van der Waals surface area contributed by atoms with Gasteiger partial charge in [-0.15, -0.1) is 0 Å². The van der Waals surface area contributed by atoms with Crippen LogP contribution in [0, 0.1) is 0 Å². The van der Waals surface area contributed by atoms with Crippen molar-refractivity contribution in [3.8, 4) is 5.88 Å². The molecular formula is C12H20N4O2.